The average Bonchev–Trinajstić information content (AvgIpc) is 2.38. The molecule has 19 heavy (non-hydrogen) atoms. The van der Waals surface area contributed by atoms with Gasteiger partial charge in [0.1, 0.15) is 10.5 Å². The number of carbonyl (C=O) groups excluding carboxylic acids is 1. The molecule has 0 aliphatic heterocycles. The highest BCUT2D eigenvalue weighted by atomic mass is 32.2. The molecule has 3 atom stereocenters. The molecule has 4 heteroatoms. The summed E-state index contributed by atoms with van der Waals surface area (Å²) in [5.74, 6) is 0.407. The summed E-state index contributed by atoms with van der Waals surface area (Å²) in [5, 5.41) is 0.680. The molecule has 0 aromatic rings. The molecule has 0 aliphatic carbocycles. The number of rotatable bonds is 10. The summed E-state index contributed by atoms with van der Waals surface area (Å²) < 4.78 is 5.86. The molecule has 0 rings (SSSR count). The van der Waals surface area contributed by atoms with E-state index in [-0.39, 0.29) is 5.60 Å². The lowest BCUT2D eigenvalue weighted by atomic mass is 9.85. The lowest BCUT2D eigenvalue weighted by Gasteiger charge is -2.38. The summed E-state index contributed by atoms with van der Waals surface area (Å²) in [6.07, 6.45) is 6.30. The third kappa shape index (κ3) is 6.96. The van der Waals surface area contributed by atoms with Crippen LogP contribution in [0.2, 0.25) is 0 Å². The molecule has 0 aromatic heterocycles. The van der Waals surface area contributed by atoms with Gasteiger partial charge in [0.15, 0.2) is 5.12 Å². The van der Waals surface area contributed by atoms with Gasteiger partial charge >= 0.3 is 0 Å². The summed E-state index contributed by atoms with van der Waals surface area (Å²) in [6.45, 7) is 11.0. The minimum absolute atomic E-state index is 0.0584. The van der Waals surface area contributed by atoms with Crippen LogP contribution in [0.4, 0.5) is 0 Å². The van der Waals surface area contributed by atoms with E-state index in [0.717, 1.165) is 42.6 Å². The van der Waals surface area contributed by atoms with Gasteiger partial charge in [0, 0.05) is 11.7 Å². The summed E-state index contributed by atoms with van der Waals surface area (Å²) >= 11 is 1.52. The molecule has 0 bridgehead atoms. The molecular formula is C15H32O2SSi. The zero-order valence-electron chi connectivity index (χ0n) is 13.6. The van der Waals surface area contributed by atoms with Crippen molar-refractivity contribution in [2.45, 2.75) is 84.0 Å². The molecule has 0 aliphatic rings. The molecule has 2 nitrogen and oxygen atoms in total. The van der Waals surface area contributed by atoms with E-state index in [1.807, 2.05) is 0 Å². The maximum atomic E-state index is 11.9. The molecule has 114 valence electrons. The predicted molar refractivity (Wildman–Crippen MR) is 89.7 cm³/mol. The first-order chi connectivity index (χ1) is 8.91. The first-order valence-corrected chi connectivity index (χ1v) is 9.35. The van der Waals surface area contributed by atoms with Crippen LogP contribution in [0.5, 0.6) is 0 Å². The first-order valence-electron chi connectivity index (χ1n) is 7.65. The van der Waals surface area contributed by atoms with Gasteiger partial charge in [0.05, 0.1) is 5.60 Å². The maximum absolute atomic E-state index is 11.9. The van der Waals surface area contributed by atoms with Gasteiger partial charge in [-0.25, -0.2) is 0 Å². The maximum Gasteiger partial charge on any atom is 0.189 e. The van der Waals surface area contributed by atoms with Crippen LogP contribution in [0, 0.1) is 5.92 Å². The zero-order chi connectivity index (χ0) is 14.9. The van der Waals surface area contributed by atoms with Gasteiger partial charge in [0.2, 0.25) is 0 Å². The second-order valence-electron chi connectivity index (χ2n) is 5.71. The number of thioether (sulfide) groups is 1. The molecule has 0 fully saturated rings. The largest absolute Gasteiger partial charge is 0.422 e. The molecule has 0 saturated heterocycles. The predicted octanol–water partition coefficient (Wildman–Crippen LogP) is 3.71. The van der Waals surface area contributed by atoms with Gasteiger partial charge in [-0.15, -0.1) is 0 Å². The topological polar surface area (TPSA) is 26.3 Å². The fraction of sp³-hybridized carbons (Fsp3) is 0.933. The van der Waals surface area contributed by atoms with E-state index in [1.165, 1.54) is 18.2 Å². The van der Waals surface area contributed by atoms with Gasteiger partial charge in [-0.05, 0) is 25.7 Å². The normalized spacial score (nSPS) is 17.9. The van der Waals surface area contributed by atoms with E-state index in [9.17, 15) is 4.79 Å². The van der Waals surface area contributed by atoms with Crippen molar-refractivity contribution in [3.63, 3.8) is 0 Å². The quantitative estimate of drug-likeness (QED) is 0.455. The molecular weight excluding hydrogens is 272 g/mol. The number of unbranched alkanes of at least 4 members (excludes halogenated alkanes) is 2. The van der Waals surface area contributed by atoms with Crippen LogP contribution < -0.4 is 0 Å². The van der Waals surface area contributed by atoms with Crippen molar-refractivity contribution in [1.82, 2.24) is 0 Å². The summed E-state index contributed by atoms with van der Waals surface area (Å²) in [5.41, 5.74) is -0.0584. The highest BCUT2D eigenvalue weighted by Gasteiger charge is 2.34. The Kier molecular flexibility index (Phi) is 10.1. The van der Waals surface area contributed by atoms with E-state index in [1.54, 1.807) is 0 Å². The van der Waals surface area contributed by atoms with Gasteiger partial charge in [-0.1, -0.05) is 58.7 Å². The second kappa shape index (κ2) is 10.0. The molecule has 0 saturated carbocycles. The van der Waals surface area contributed by atoms with E-state index in [0.29, 0.717) is 16.3 Å². The Hall–Kier alpha value is 0.197. The van der Waals surface area contributed by atoms with Crippen molar-refractivity contribution < 1.29 is 9.22 Å². The summed E-state index contributed by atoms with van der Waals surface area (Å²) in [7, 11) is 0.761. The first kappa shape index (κ1) is 19.2. The highest BCUT2D eigenvalue weighted by Crippen LogP contribution is 2.34. The van der Waals surface area contributed by atoms with E-state index >= 15 is 0 Å². The van der Waals surface area contributed by atoms with Gasteiger partial charge in [-0.2, -0.15) is 0 Å². The Morgan fingerprint density at radius 3 is 2.37 bits per heavy atom. The van der Waals surface area contributed by atoms with E-state index < -0.39 is 0 Å². The van der Waals surface area contributed by atoms with Gasteiger partial charge < -0.3 is 4.43 Å². The average molecular weight is 305 g/mol. The lowest BCUT2D eigenvalue weighted by molar-refractivity contribution is -0.111. The number of hydrogen-bond acceptors (Lipinski definition) is 3. The van der Waals surface area contributed by atoms with Crippen molar-refractivity contribution in [2.24, 2.45) is 5.92 Å². The van der Waals surface area contributed by atoms with Crippen LogP contribution >= 0.6 is 11.8 Å². The summed E-state index contributed by atoms with van der Waals surface area (Å²) in [6, 6.07) is 0. The van der Waals surface area contributed by atoms with E-state index in [2.05, 4.69) is 34.6 Å². The number of hydrogen-bond donors (Lipinski definition) is 0. The van der Waals surface area contributed by atoms with Crippen molar-refractivity contribution in [1.29, 1.82) is 0 Å². The van der Waals surface area contributed by atoms with Crippen LogP contribution in [-0.4, -0.2) is 26.5 Å². The zero-order valence-corrected chi connectivity index (χ0v) is 16.4. The number of carbonyl (C=O) groups is 1. The molecule has 0 spiro atoms. The monoisotopic (exact) mass is 304 g/mol. The van der Waals surface area contributed by atoms with Crippen LogP contribution in [0.25, 0.3) is 0 Å². The van der Waals surface area contributed by atoms with Crippen molar-refractivity contribution in [3.05, 3.63) is 0 Å². The minimum Gasteiger partial charge on any atom is -0.422 e. The van der Waals surface area contributed by atoms with Crippen molar-refractivity contribution in [3.8, 4) is 0 Å². The Bertz CT molecular complexity index is 261. The molecule has 0 radical (unpaired) electrons. The van der Waals surface area contributed by atoms with Crippen LogP contribution in [-0.2, 0) is 9.22 Å². The van der Waals surface area contributed by atoms with Gasteiger partial charge in [-0.3, -0.25) is 4.79 Å². The molecule has 0 heterocycles. The standard InChI is InChI=1S/C15H32O2SSi/c1-6-8-9-10-14(16)18-13(4)12(3)15(5,17-19)11-7-2/h12-13H,6-11H2,1-5,19H3. The fourth-order valence-electron chi connectivity index (χ4n) is 2.40. The van der Waals surface area contributed by atoms with Crippen LogP contribution in [0.1, 0.15) is 73.1 Å². The lowest BCUT2D eigenvalue weighted by Crippen LogP contribution is -2.40. The van der Waals surface area contributed by atoms with Gasteiger partial charge in [0.25, 0.3) is 0 Å². The van der Waals surface area contributed by atoms with Crippen molar-refractivity contribution >= 4 is 27.4 Å². The summed E-state index contributed by atoms with van der Waals surface area (Å²) in [4.78, 5) is 11.9. The molecule has 3 unspecified atom stereocenters. The fourth-order valence-corrected chi connectivity index (χ4v) is 4.14. The second-order valence-corrected chi connectivity index (χ2v) is 7.55. The van der Waals surface area contributed by atoms with Crippen LogP contribution in [0.3, 0.4) is 0 Å². The Morgan fingerprint density at radius 1 is 1.26 bits per heavy atom. The molecule has 0 aromatic carbocycles. The van der Waals surface area contributed by atoms with E-state index in [4.69, 9.17) is 4.43 Å². The Balaban J connectivity index is 4.31. The van der Waals surface area contributed by atoms with Crippen LogP contribution in [0.15, 0.2) is 0 Å². The smallest absolute Gasteiger partial charge is 0.189 e. The minimum atomic E-state index is -0.0584. The third-order valence-electron chi connectivity index (χ3n) is 4.18. The Morgan fingerprint density at radius 2 is 1.89 bits per heavy atom. The van der Waals surface area contributed by atoms with Crippen molar-refractivity contribution in [2.75, 3.05) is 0 Å². The molecule has 0 N–H and O–H groups in total. The SMILES string of the molecule is CCCCCC(=O)SC(C)C(C)C(C)(CCC)O[SiH3]. The Labute approximate surface area is 127 Å². The molecule has 0 amide bonds. The highest BCUT2D eigenvalue weighted by molar-refractivity contribution is 8.14. The third-order valence-corrected chi connectivity index (χ3v) is 6.36.